The number of carbonyl (C=O) groups is 2. The predicted octanol–water partition coefficient (Wildman–Crippen LogP) is 3.45. The molecule has 0 aromatic heterocycles. The molecule has 0 saturated heterocycles. The Bertz CT molecular complexity index is 640. The van der Waals surface area contributed by atoms with E-state index in [1.165, 1.54) is 19.2 Å². The molecule has 1 aromatic carbocycles. The summed E-state index contributed by atoms with van der Waals surface area (Å²) in [5.74, 6) is -0.554. The van der Waals surface area contributed by atoms with Gasteiger partial charge in [-0.05, 0) is 38.5 Å². The van der Waals surface area contributed by atoms with Crippen LogP contribution in [0.4, 0.5) is 0 Å². The molecular weight excluding hydrogens is 367 g/mol. The van der Waals surface area contributed by atoms with E-state index in [1.54, 1.807) is 32.0 Å². The van der Waals surface area contributed by atoms with Crippen LogP contribution in [0.3, 0.4) is 0 Å². The first-order valence-electron chi connectivity index (χ1n) is 7.64. The second-order valence-corrected chi connectivity index (χ2v) is 6.90. The first-order valence-corrected chi connectivity index (χ1v) is 8.40. The quantitative estimate of drug-likeness (QED) is 0.425. The number of hydrogen-bond donors (Lipinski definition) is 2. The zero-order chi connectivity index (χ0) is 19.2. The van der Waals surface area contributed by atoms with Crippen LogP contribution in [0, 0.1) is 0 Å². The van der Waals surface area contributed by atoms with Crippen molar-refractivity contribution >= 4 is 35.0 Å². The maximum atomic E-state index is 12.5. The number of likely N-dealkylation sites (N-methyl/N-ethyl adjacent to an activating group) is 1. The number of carbonyl (C=O) groups excluding carboxylic acids is 2. The van der Waals surface area contributed by atoms with Crippen LogP contribution in [0.15, 0.2) is 30.4 Å². The third kappa shape index (κ3) is 7.34. The fourth-order valence-electron chi connectivity index (χ4n) is 1.91. The maximum Gasteiger partial charge on any atom is 0.269 e. The molecule has 138 valence electrons. The molecule has 1 rings (SSSR count). The third-order valence-corrected chi connectivity index (χ3v) is 3.62. The average Bonchev–Trinajstić information content (AvgIpc) is 2.48. The van der Waals surface area contributed by atoms with E-state index in [9.17, 15) is 9.59 Å². The number of nitrogens with zero attached hydrogens (tertiary/aromatic N) is 1. The highest BCUT2D eigenvalue weighted by Crippen LogP contribution is 2.25. The van der Waals surface area contributed by atoms with Gasteiger partial charge in [-0.25, -0.2) is 5.06 Å². The fraction of sp³-hybridized carbons (Fsp3) is 0.412. The van der Waals surface area contributed by atoms with Crippen LogP contribution < -0.4 is 10.1 Å². The van der Waals surface area contributed by atoms with Crippen LogP contribution in [0.1, 0.15) is 27.2 Å². The Morgan fingerprint density at radius 2 is 1.88 bits per heavy atom. The second-order valence-electron chi connectivity index (χ2n) is 6.03. The molecule has 0 aliphatic carbocycles. The highest BCUT2D eigenvalue weighted by Gasteiger charge is 2.25. The Balaban J connectivity index is 2.79. The molecule has 25 heavy (non-hydrogen) atoms. The molecule has 2 amide bonds. The van der Waals surface area contributed by atoms with Gasteiger partial charge in [0.2, 0.25) is 0 Å². The monoisotopic (exact) mass is 388 g/mol. The van der Waals surface area contributed by atoms with Crippen LogP contribution in [0.25, 0.3) is 0 Å². The minimum absolute atomic E-state index is 0.349. The predicted molar refractivity (Wildman–Crippen MR) is 97.1 cm³/mol. The highest BCUT2D eigenvalue weighted by molar-refractivity contribution is 6.34. The van der Waals surface area contributed by atoms with Gasteiger partial charge in [0.05, 0.1) is 5.54 Å². The van der Waals surface area contributed by atoms with Crippen molar-refractivity contribution in [2.24, 2.45) is 0 Å². The largest absolute Gasteiger partial charge is 0.481 e. The Labute approximate surface area is 157 Å². The minimum atomic E-state index is -0.814. The number of nitrogens with one attached hydrogen (secondary N) is 1. The van der Waals surface area contributed by atoms with Gasteiger partial charge in [-0.3, -0.25) is 14.8 Å². The summed E-state index contributed by atoms with van der Waals surface area (Å²) in [6, 6.07) is 4.72. The molecule has 2 N–H and O–H groups in total. The van der Waals surface area contributed by atoms with Crippen LogP contribution in [-0.4, -0.2) is 40.8 Å². The van der Waals surface area contributed by atoms with Gasteiger partial charge in [-0.2, -0.15) is 0 Å². The van der Waals surface area contributed by atoms with Gasteiger partial charge < -0.3 is 10.1 Å². The fourth-order valence-corrected chi connectivity index (χ4v) is 2.42. The number of halogens is 2. The SMILES string of the molecule is CC[C@@H](Oc1cc(Cl)cc(Cl)c1)C(=O)NC(C)(C)/C=C/C(=O)N(C)O. The van der Waals surface area contributed by atoms with Crippen molar-refractivity contribution in [1.82, 2.24) is 10.4 Å². The van der Waals surface area contributed by atoms with Crippen molar-refractivity contribution < 1.29 is 19.5 Å². The number of rotatable bonds is 7. The van der Waals surface area contributed by atoms with Gasteiger partial charge in [-0.1, -0.05) is 36.2 Å². The molecule has 0 fully saturated rings. The summed E-state index contributed by atoms with van der Waals surface area (Å²) in [6.07, 6.45) is 2.34. The first-order chi connectivity index (χ1) is 11.5. The zero-order valence-corrected chi connectivity index (χ0v) is 16.1. The highest BCUT2D eigenvalue weighted by atomic mass is 35.5. The van der Waals surface area contributed by atoms with Crippen molar-refractivity contribution in [3.63, 3.8) is 0 Å². The van der Waals surface area contributed by atoms with Crippen LogP contribution >= 0.6 is 23.2 Å². The van der Waals surface area contributed by atoms with E-state index < -0.39 is 17.6 Å². The molecule has 6 nitrogen and oxygen atoms in total. The van der Waals surface area contributed by atoms with Gasteiger partial charge >= 0.3 is 0 Å². The van der Waals surface area contributed by atoms with Crippen molar-refractivity contribution in [3.8, 4) is 5.75 Å². The molecule has 0 saturated carbocycles. The van der Waals surface area contributed by atoms with E-state index in [2.05, 4.69) is 5.32 Å². The summed E-state index contributed by atoms with van der Waals surface area (Å²) in [7, 11) is 1.22. The van der Waals surface area contributed by atoms with Crippen LogP contribution in [0.2, 0.25) is 10.0 Å². The van der Waals surface area contributed by atoms with E-state index >= 15 is 0 Å². The summed E-state index contributed by atoms with van der Waals surface area (Å²) >= 11 is 11.9. The molecule has 0 bridgehead atoms. The van der Waals surface area contributed by atoms with E-state index in [0.717, 1.165) is 0 Å². The summed E-state index contributed by atoms with van der Waals surface area (Å²) < 4.78 is 5.68. The molecule has 1 aromatic rings. The smallest absolute Gasteiger partial charge is 0.269 e. The molecule has 0 unspecified atom stereocenters. The Hall–Kier alpha value is -1.76. The van der Waals surface area contributed by atoms with Gasteiger partial charge in [0, 0.05) is 23.2 Å². The molecule has 0 spiro atoms. The summed E-state index contributed by atoms with van der Waals surface area (Å²) in [5.41, 5.74) is -0.814. The third-order valence-electron chi connectivity index (χ3n) is 3.18. The van der Waals surface area contributed by atoms with Crippen LogP contribution in [0.5, 0.6) is 5.75 Å². The van der Waals surface area contributed by atoms with Gasteiger partial charge in [0.15, 0.2) is 6.10 Å². The first kappa shape index (κ1) is 21.3. The molecule has 8 heteroatoms. The van der Waals surface area contributed by atoms with Crippen molar-refractivity contribution in [1.29, 1.82) is 0 Å². The van der Waals surface area contributed by atoms with E-state index in [0.29, 0.717) is 27.3 Å². The lowest BCUT2D eigenvalue weighted by atomic mass is 10.0. The molecule has 0 radical (unpaired) electrons. The Morgan fingerprint density at radius 1 is 1.32 bits per heavy atom. The molecule has 0 heterocycles. The van der Waals surface area contributed by atoms with E-state index in [-0.39, 0.29) is 5.91 Å². The second kappa shape index (κ2) is 9.08. The lowest BCUT2D eigenvalue weighted by molar-refractivity contribution is -0.153. The normalized spacial score (nSPS) is 12.8. The van der Waals surface area contributed by atoms with E-state index in [1.807, 2.05) is 6.92 Å². The van der Waals surface area contributed by atoms with Gasteiger partial charge in [0.25, 0.3) is 11.8 Å². The lowest BCUT2D eigenvalue weighted by Gasteiger charge is -2.26. The number of hydroxylamine groups is 2. The number of amides is 2. The topological polar surface area (TPSA) is 78.9 Å². The molecule has 0 aliphatic rings. The van der Waals surface area contributed by atoms with Crippen molar-refractivity contribution in [2.45, 2.75) is 38.8 Å². The summed E-state index contributed by atoms with van der Waals surface area (Å²) in [5, 5.41) is 13.1. The number of ether oxygens (including phenoxy) is 1. The molecule has 1 atom stereocenters. The number of hydrogen-bond acceptors (Lipinski definition) is 4. The molecule has 0 aliphatic heterocycles. The Kier molecular flexibility index (Phi) is 7.73. The zero-order valence-electron chi connectivity index (χ0n) is 14.5. The Morgan fingerprint density at radius 3 is 2.36 bits per heavy atom. The summed E-state index contributed by atoms with van der Waals surface area (Å²) in [6.45, 7) is 5.24. The van der Waals surface area contributed by atoms with Crippen LogP contribution in [-0.2, 0) is 9.59 Å². The van der Waals surface area contributed by atoms with Gasteiger partial charge in [0.1, 0.15) is 5.75 Å². The maximum absolute atomic E-state index is 12.5. The van der Waals surface area contributed by atoms with Gasteiger partial charge in [-0.15, -0.1) is 0 Å². The number of benzene rings is 1. The standard InChI is InChI=1S/C17H22Cl2N2O4/c1-5-14(25-13-9-11(18)8-12(19)10-13)16(23)20-17(2,3)7-6-15(22)21(4)24/h6-10,14,24H,5H2,1-4H3,(H,20,23)/b7-6+/t14-/m1/s1. The van der Waals surface area contributed by atoms with Crippen molar-refractivity contribution in [3.05, 3.63) is 40.4 Å². The minimum Gasteiger partial charge on any atom is -0.481 e. The lowest BCUT2D eigenvalue weighted by Crippen LogP contribution is -2.48. The molecular formula is C17H22Cl2N2O4. The van der Waals surface area contributed by atoms with Crippen molar-refractivity contribution in [2.75, 3.05) is 7.05 Å². The van der Waals surface area contributed by atoms with E-state index in [4.69, 9.17) is 33.1 Å². The average molecular weight is 389 g/mol. The summed E-state index contributed by atoms with van der Waals surface area (Å²) in [4.78, 5) is 23.9.